The maximum Gasteiger partial charge on any atom is 0.252 e. The van der Waals surface area contributed by atoms with Crippen LogP contribution in [0, 0.1) is 6.92 Å². The summed E-state index contributed by atoms with van der Waals surface area (Å²) in [4.78, 5) is 14.8. The highest BCUT2D eigenvalue weighted by atomic mass is 79.9. The third kappa shape index (κ3) is 4.08. The molecule has 20 heavy (non-hydrogen) atoms. The molecule has 106 valence electrons. The van der Waals surface area contributed by atoms with E-state index in [-0.39, 0.29) is 11.9 Å². The Morgan fingerprint density at radius 2 is 2.15 bits per heavy atom. The Hall–Kier alpha value is -0.840. The Morgan fingerprint density at radius 1 is 1.40 bits per heavy atom. The number of carbonyl (C=O) groups is 1. The van der Waals surface area contributed by atoms with Gasteiger partial charge >= 0.3 is 0 Å². The van der Waals surface area contributed by atoms with Crippen molar-refractivity contribution in [2.75, 3.05) is 0 Å². The minimum absolute atomic E-state index is 0.0862. The van der Waals surface area contributed by atoms with E-state index in [0.717, 1.165) is 6.42 Å². The van der Waals surface area contributed by atoms with Gasteiger partial charge in [-0.25, -0.2) is 0 Å². The Kier molecular flexibility index (Phi) is 5.24. The number of carbonyl (C=O) groups excluding carboxylic acids is 1. The number of nitrogens with one attached hydrogen (secondary N) is 1. The summed E-state index contributed by atoms with van der Waals surface area (Å²) in [5.74, 6) is -0.0886. The summed E-state index contributed by atoms with van der Waals surface area (Å²) >= 11 is 11.0. The van der Waals surface area contributed by atoms with E-state index < -0.39 is 0 Å². The van der Waals surface area contributed by atoms with Crippen LogP contribution >= 0.6 is 38.9 Å². The molecule has 1 atom stereocenters. The van der Waals surface area contributed by atoms with Gasteiger partial charge < -0.3 is 5.32 Å². The van der Waals surface area contributed by atoms with Gasteiger partial charge in [-0.3, -0.25) is 4.79 Å². The van der Waals surface area contributed by atoms with Gasteiger partial charge in [0.25, 0.3) is 5.91 Å². The maximum atomic E-state index is 12.2. The Balaban J connectivity index is 2.00. The molecule has 0 radical (unpaired) electrons. The van der Waals surface area contributed by atoms with Crippen LogP contribution in [0.2, 0.25) is 5.02 Å². The van der Waals surface area contributed by atoms with Crippen LogP contribution in [0.15, 0.2) is 34.8 Å². The molecule has 1 N–H and O–H groups in total. The van der Waals surface area contributed by atoms with E-state index in [9.17, 15) is 4.79 Å². The number of thiophene rings is 1. The fourth-order valence-corrected chi connectivity index (χ4v) is 3.80. The summed E-state index contributed by atoms with van der Waals surface area (Å²) in [6.07, 6.45) is 0.843. The van der Waals surface area contributed by atoms with Gasteiger partial charge in [-0.2, -0.15) is 0 Å². The SMILES string of the molecule is Cc1ccc(CC(C)NC(=O)c2ccc(Cl)cc2Br)s1. The van der Waals surface area contributed by atoms with Gasteiger partial charge in [0.2, 0.25) is 0 Å². The molecule has 0 aliphatic heterocycles. The first-order valence-corrected chi connectivity index (χ1v) is 8.25. The summed E-state index contributed by atoms with van der Waals surface area (Å²) in [5.41, 5.74) is 0.601. The van der Waals surface area contributed by atoms with Crippen molar-refractivity contribution in [1.82, 2.24) is 5.32 Å². The molecule has 0 spiro atoms. The second kappa shape index (κ2) is 6.74. The Bertz CT molecular complexity index is 626. The third-order valence-corrected chi connectivity index (χ3v) is 4.77. The molecule has 0 saturated heterocycles. The molecule has 0 aliphatic rings. The van der Waals surface area contributed by atoms with Gasteiger partial charge in [0.1, 0.15) is 0 Å². The second-order valence-corrected chi connectivity index (χ2v) is 7.38. The minimum Gasteiger partial charge on any atom is -0.349 e. The fraction of sp³-hybridized carbons (Fsp3) is 0.267. The predicted molar refractivity (Wildman–Crippen MR) is 88.8 cm³/mol. The van der Waals surface area contributed by atoms with E-state index in [1.165, 1.54) is 9.75 Å². The fourth-order valence-electron chi connectivity index (χ4n) is 1.92. The first kappa shape index (κ1) is 15.5. The van der Waals surface area contributed by atoms with Gasteiger partial charge in [-0.05, 0) is 60.1 Å². The Morgan fingerprint density at radius 3 is 2.75 bits per heavy atom. The first-order chi connectivity index (χ1) is 9.45. The molecule has 0 saturated carbocycles. The summed E-state index contributed by atoms with van der Waals surface area (Å²) in [6.45, 7) is 4.10. The zero-order chi connectivity index (χ0) is 14.7. The van der Waals surface area contributed by atoms with E-state index in [2.05, 4.69) is 40.3 Å². The topological polar surface area (TPSA) is 29.1 Å². The molecule has 2 nitrogen and oxygen atoms in total. The second-order valence-electron chi connectivity index (χ2n) is 4.72. The highest BCUT2D eigenvalue weighted by Gasteiger charge is 2.14. The van der Waals surface area contributed by atoms with E-state index in [4.69, 9.17) is 11.6 Å². The number of hydrogen-bond donors (Lipinski definition) is 1. The van der Waals surface area contributed by atoms with Crippen molar-refractivity contribution in [2.24, 2.45) is 0 Å². The summed E-state index contributed by atoms with van der Waals surface area (Å²) in [6, 6.07) is 9.47. The molecule has 1 aromatic carbocycles. The van der Waals surface area contributed by atoms with Crippen molar-refractivity contribution < 1.29 is 4.79 Å². The van der Waals surface area contributed by atoms with Crippen LogP contribution in [-0.2, 0) is 6.42 Å². The molecule has 0 fully saturated rings. The number of amides is 1. The molecule has 1 amide bonds. The molecule has 0 bridgehead atoms. The van der Waals surface area contributed by atoms with Crippen molar-refractivity contribution in [1.29, 1.82) is 0 Å². The zero-order valence-corrected chi connectivity index (χ0v) is 14.4. The van der Waals surface area contributed by atoms with Gasteiger partial charge in [-0.1, -0.05) is 11.6 Å². The van der Waals surface area contributed by atoms with Crippen molar-refractivity contribution in [3.63, 3.8) is 0 Å². The summed E-state index contributed by atoms with van der Waals surface area (Å²) < 4.78 is 0.710. The smallest absolute Gasteiger partial charge is 0.252 e. The number of halogens is 2. The highest BCUT2D eigenvalue weighted by Crippen LogP contribution is 2.22. The van der Waals surface area contributed by atoms with Crippen LogP contribution in [0.5, 0.6) is 0 Å². The Labute approximate surface area is 136 Å². The number of rotatable bonds is 4. The monoisotopic (exact) mass is 371 g/mol. The highest BCUT2D eigenvalue weighted by molar-refractivity contribution is 9.10. The minimum atomic E-state index is -0.0886. The van der Waals surface area contributed by atoms with E-state index >= 15 is 0 Å². The molecular formula is C15H15BrClNOS. The molecule has 2 aromatic rings. The van der Waals surface area contributed by atoms with Crippen molar-refractivity contribution in [3.8, 4) is 0 Å². The van der Waals surface area contributed by atoms with E-state index in [1.54, 1.807) is 29.5 Å². The molecule has 1 unspecified atom stereocenters. The van der Waals surface area contributed by atoms with Crippen molar-refractivity contribution in [2.45, 2.75) is 26.3 Å². The number of aryl methyl sites for hydroxylation is 1. The van der Waals surface area contributed by atoms with Crippen LogP contribution in [0.4, 0.5) is 0 Å². The lowest BCUT2D eigenvalue weighted by Crippen LogP contribution is -2.34. The summed E-state index contributed by atoms with van der Waals surface area (Å²) in [7, 11) is 0. The van der Waals surface area contributed by atoms with Gasteiger partial charge in [-0.15, -0.1) is 11.3 Å². The summed E-state index contributed by atoms with van der Waals surface area (Å²) in [5, 5.41) is 3.62. The van der Waals surface area contributed by atoms with Crippen LogP contribution < -0.4 is 5.32 Å². The first-order valence-electron chi connectivity index (χ1n) is 6.27. The zero-order valence-electron chi connectivity index (χ0n) is 11.2. The third-order valence-electron chi connectivity index (χ3n) is 2.86. The average Bonchev–Trinajstić information content (AvgIpc) is 2.74. The maximum absolute atomic E-state index is 12.2. The van der Waals surface area contributed by atoms with Crippen LogP contribution in [0.1, 0.15) is 27.0 Å². The standard InChI is InChI=1S/C15H15BrClNOS/c1-9(7-12-5-3-10(2)20-12)18-15(19)13-6-4-11(17)8-14(13)16/h3-6,8-9H,7H2,1-2H3,(H,18,19). The molecule has 1 aromatic heterocycles. The molecule has 1 heterocycles. The predicted octanol–water partition coefficient (Wildman–Crippen LogP) is 4.83. The molecule has 0 aliphatic carbocycles. The van der Waals surface area contributed by atoms with Crippen molar-refractivity contribution >= 4 is 44.8 Å². The van der Waals surface area contributed by atoms with Crippen LogP contribution in [0.25, 0.3) is 0 Å². The molecule has 5 heteroatoms. The average molecular weight is 373 g/mol. The van der Waals surface area contributed by atoms with Gasteiger partial charge in [0.05, 0.1) is 5.56 Å². The van der Waals surface area contributed by atoms with Crippen LogP contribution in [-0.4, -0.2) is 11.9 Å². The lowest BCUT2D eigenvalue weighted by Gasteiger charge is -2.14. The van der Waals surface area contributed by atoms with E-state index in [0.29, 0.717) is 15.1 Å². The van der Waals surface area contributed by atoms with Crippen LogP contribution in [0.3, 0.4) is 0 Å². The lowest BCUT2D eigenvalue weighted by atomic mass is 10.1. The van der Waals surface area contributed by atoms with Gasteiger partial charge in [0, 0.05) is 31.7 Å². The normalized spacial score (nSPS) is 12.2. The number of benzene rings is 1. The largest absolute Gasteiger partial charge is 0.349 e. The van der Waals surface area contributed by atoms with E-state index in [1.807, 2.05) is 6.92 Å². The van der Waals surface area contributed by atoms with Gasteiger partial charge in [0.15, 0.2) is 0 Å². The molecular weight excluding hydrogens is 358 g/mol. The molecule has 2 rings (SSSR count). The quantitative estimate of drug-likeness (QED) is 0.818. The van der Waals surface area contributed by atoms with Crippen molar-refractivity contribution in [3.05, 3.63) is 55.1 Å². The number of hydrogen-bond acceptors (Lipinski definition) is 2. The lowest BCUT2D eigenvalue weighted by molar-refractivity contribution is 0.0939.